The molecule has 4 heterocycles. The van der Waals surface area contributed by atoms with Gasteiger partial charge in [-0.2, -0.15) is 10.2 Å². The largest absolute Gasteiger partial charge is 0.459 e. The fourth-order valence-electron chi connectivity index (χ4n) is 4.11. The van der Waals surface area contributed by atoms with Crippen molar-refractivity contribution in [2.24, 2.45) is 13.0 Å². The number of carbonyl (C=O) groups is 2. The average molecular weight is 470 g/mol. The Morgan fingerprint density at radius 3 is 2.57 bits per heavy atom. The molecule has 5 rings (SSSR count). The normalized spacial score (nSPS) is 14.0. The molecule has 176 valence electrons. The fraction of sp³-hybridized carbons (Fsp3) is 0.240. The summed E-state index contributed by atoms with van der Waals surface area (Å²) < 4.78 is 12.8. The molecule has 3 aromatic heterocycles. The number of amides is 1. The molecule has 0 bridgehead atoms. The lowest BCUT2D eigenvalue weighted by molar-refractivity contribution is -0.120. The molecule has 1 N–H and O–H groups in total. The number of piperidine rings is 1. The molecule has 0 spiro atoms. The molecule has 0 saturated carbocycles. The zero-order valence-electron chi connectivity index (χ0n) is 19.0. The van der Waals surface area contributed by atoms with E-state index in [0.29, 0.717) is 54.7 Å². The van der Waals surface area contributed by atoms with Gasteiger partial charge in [-0.25, -0.2) is 4.98 Å². The van der Waals surface area contributed by atoms with E-state index in [1.54, 1.807) is 60.4 Å². The maximum Gasteiger partial charge on any atom is 0.266 e. The standard InChI is InChI=1S/C25H22N6O4/c1-30-13-10-27-22(30)21(32)16-4-6-18(7-5-16)28-23(33)17-8-11-31(12-9-17)25-19(15-26)29-24(35-25)20-3-2-14-34-20/h2-7,10,13-14,17H,8-9,11-12H2,1H3,(H,28,33). The summed E-state index contributed by atoms with van der Waals surface area (Å²) in [5.74, 6) is 1.02. The number of furan rings is 1. The Morgan fingerprint density at radius 1 is 1.17 bits per heavy atom. The lowest BCUT2D eigenvalue weighted by Crippen LogP contribution is -2.38. The Balaban J connectivity index is 1.19. The molecule has 1 saturated heterocycles. The van der Waals surface area contributed by atoms with Crippen molar-refractivity contribution in [2.45, 2.75) is 12.8 Å². The predicted octanol–water partition coefficient (Wildman–Crippen LogP) is 3.63. The minimum Gasteiger partial charge on any atom is -0.459 e. The Bertz CT molecular complexity index is 1390. The SMILES string of the molecule is Cn1ccnc1C(=O)c1ccc(NC(=O)C2CCN(c3oc(-c4ccco4)nc3C#N)CC2)cc1. The fourth-order valence-corrected chi connectivity index (χ4v) is 4.11. The number of benzene rings is 1. The van der Waals surface area contributed by atoms with Crippen LogP contribution in [0.25, 0.3) is 11.7 Å². The topological polar surface area (TPSA) is 130 Å². The van der Waals surface area contributed by atoms with Gasteiger partial charge in [-0.1, -0.05) is 0 Å². The number of aryl methyl sites for hydroxylation is 1. The van der Waals surface area contributed by atoms with Crippen molar-refractivity contribution in [2.75, 3.05) is 23.3 Å². The second-order valence-corrected chi connectivity index (χ2v) is 8.28. The molecule has 0 aliphatic carbocycles. The molecule has 35 heavy (non-hydrogen) atoms. The summed E-state index contributed by atoms with van der Waals surface area (Å²) in [5.41, 5.74) is 1.32. The summed E-state index contributed by atoms with van der Waals surface area (Å²) in [6.07, 6.45) is 6.01. The highest BCUT2D eigenvalue weighted by molar-refractivity contribution is 6.07. The van der Waals surface area contributed by atoms with Crippen molar-refractivity contribution in [3.05, 3.63) is 72.1 Å². The monoisotopic (exact) mass is 470 g/mol. The molecular weight excluding hydrogens is 448 g/mol. The van der Waals surface area contributed by atoms with Crippen LogP contribution in [0.2, 0.25) is 0 Å². The van der Waals surface area contributed by atoms with Gasteiger partial charge in [0.15, 0.2) is 11.6 Å². The summed E-state index contributed by atoms with van der Waals surface area (Å²) in [4.78, 5) is 35.6. The molecule has 0 unspecified atom stereocenters. The third-order valence-electron chi connectivity index (χ3n) is 6.04. The van der Waals surface area contributed by atoms with Crippen LogP contribution in [0.1, 0.15) is 34.7 Å². The average Bonchev–Trinajstić information content (AvgIpc) is 3.65. The summed E-state index contributed by atoms with van der Waals surface area (Å²) in [6.45, 7) is 1.10. The van der Waals surface area contributed by atoms with Gasteiger partial charge >= 0.3 is 0 Å². The quantitative estimate of drug-likeness (QED) is 0.423. The number of nitriles is 1. The smallest absolute Gasteiger partial charge is 0.266 e. The van der Waals surface area contributed by atoms with E-state index in [9.17, 15) is 14.9 Å². The maximum absolute atomic E-state index is 12.8. The van der Waals surface area contributed by atoms with Crippen molar-refractivity contribution in [3.8, 4) is 17.7 Å². The zero-order valence-corrected chi connectivity index (χ0v) is 19.0. The van der Waals surface area contributed by atoms with Gasteiger partial charge in [0.25, 0.3) is 5.89 Å². The second-order valence-electron chi connectivity index (χ2n) is 8.28. The molecule has 0 radical (unpaired) electrons. The Labute approximate surface area is 200 Å². The van der Waals surface area contributed by atoms with Crippen LogP contribution >= 0.6 is 0 Å². The van der Waals surface area contributed by atoms with Crippen LogP contribution in [0.15, 0.2) is 63.9 Å². The lowest BCUT2D eigenvalue weighted by atomic mass is 9.95. The number of carbonyl (C=O) groups excluding carboxylic acids is 2. The van der Waals surface area contributed by atoms with Crippen LogP contribution < -0.4 is 10.2 Å². The van der Waals surface area contributed by atoms with E-state index in [4.69, 9.17) is 8.83 Å². The number of imidazole rings is 1. The van der Waals surface area contributed by atoms with Crippen molar-refractivity contribution >= 4 is 23.3 Å². The third-order valence-corrected chi connectivity index (χ3v) is 6.04. The van der Waals surface area contributed by atoms with Crippen LogP contribution in [0.3, 0.4) is 0 Å². The van der Waals surface area contributed by atoms with Gasteiger partial charge < -0.3 is 23.6 Å². The van der Waals surface area contributed by atoms with Gasteiger partial charge in [0.2, 0.25) is 23.3 Å². The third kappa shape index (κ3) is 4.44. The van der Waals surface area contributed by atoms with Crippen LogP contribution in [0.4, 0.5) is 11.6 Å². The molecule has 1 aliphatic rings. The van der Waals surface area contributed by atoms with Gasteiger partial charge in [-0.3, -0.25) is 9.59 Å². The highest BCUT2D eigenvalue weighted by Crippen LogP contribution is 2.31. The lowest BCUT2D eigenvalue weighted by Gasteiger charge is -2.30. The Hall–Kier alpha value is -4.65. The predicted molar refractivity (Wildman–Crippen MR) is 126 cm³/mol. The summed E-state index contributed by atoms with van der Waals surface area (Å²) in [7, 11) is 1.77. The van der Waals surface area contributed by atoms with Crippen LogP contribution in [0, 0.1) is 17.2 Å². The van der Waals surface area contributed by atoms with Crippen LogP contribution in [-0.4, -0.2) is 39.3 Å². The van der Waals surface area contributed by atoms with Crippen molar-refractivity contribution in [1.82, 2.24) is 14.5 Å². The molecule has 1 amide bonds. The van der Waals surface area contributed by atoms with E-state index >= 15 is 0 Å². The number of nitrogens with zero attached hydrogens (tertiary/aromatic N) is 5. The van der Waals surface area contributed by atoms with Gasteiger partial charge in [-0.15, -0.1) is 0 Å². The van der Waals surface area contributed by atoms with Gasteiger partial charge in [0, 0.05) is 49.7 Å². The van der Waals surface area contributed by atoms with E-state index in [1.807, 2.05) is 4.90 Å². The van der Waals surface area contributed by atoms with Crippen molar-refractivity contribution in [3.63, 3.8) is 0 Å². The summed E-state index contributed by atoms with van der Waals surface area (Å²) >= 11 is 0. The number of rotatable bonds is 6. The molecule has 10 heteroatoms. The number of oxazole rings is 1. The zero-order chi connectivity index (χ0) is 24.4. The van der Waals surface area contributed by atoms with Gasteiger partial charge in [0.1, 0.15) is 6.07 Å². The van der Waals surface area contributed by atoms with Gasteiger partial charge in [0.05, 0.1) is 6.26 Å². The van der Waals surface area contributed by atoms with E-state index in [-0.39, 0.29) is 29.2 Å². The van der Waals surface area contributed by atoms with Crippen molar-refractivity contribution < 1.29 is 18.4 Å². The summed E-state index contributed by atoms with van der Waals surface area (Å²) in [6, 6.07) is 12.3. The first-order valence-electron chi connectivity index (χ1n) is 11.2. The molecule has 1 aromatic carbocycles. The van der Waals surface area contributed by atoms with E-state index in [1.165, 1.54) is 6.26 Å². The first-order chi connectivity index (χ1) is 17.0. The number of ketones is 1. The number of hydrogen-bond donors (Lipinski definition) is 1. The Kier molecular flexibility index (Phi) is 5.89. The second kappa shape index (κ2) is 9.30. The number of anilines is 2. The van der Waals surface area contributed by atoms with E-state index in [2.05, 4.69) is 21.4 Å². The summed E-state index contributed by atoms with van der Waals surface area (Å²) in [5, 5.41) is 12.4. The molecule has 1 fully saturated rings. The van der Waals surface area contributed by atoms with Crippen molar-refractivity contribution in [1.29, 1.82) is 5.26 Å². The number of aromatic nitrogens is 3. The highest BCUT2D eigenvalue weighted by atomic mass is 16.4. The number of nitrogens with one attached hydrogen (secondary N) is 1. The van der Waals surface area contributed by atoms with Crippen LogP contribution in [0.5, 0.6) is 0 Å². The molecule has 1 aliphatic heterocycles. The minimum atomic E-state index is -0.182. The molecular formula is C25H22N6O4. The molecule has 10 nitrogen and oxygen atoms in total. The van der Waals surface area contributed by atoms with Crippen LogP contribution in [-0.2, 0) is 11.8 Å². The number of hydrogen-bond acceptors (Lipinski definition) is 8. The van der Waals surface area contributed by atoms with E-state index in [0.717, 1.165) is 0 Å². The molecule has 0 atom stereocenters. The minimum absolute atomic E-state index is 0.0813. The highest BCUT2D eigenvalue weighted by Gasteiger charge is 2.29. The maximum atomic E-state index is 12.8. The van der Waals surface area contributed by atoms with E-state index < -0.39 is 0 Å². The van der Waals surface area contributed by atoms with Gasteiger partial charge in [-0.05, 0) is 49.2 Å². The first kappa shape index (κ1) is 22.2. The Morgan fingerprint density at radius 2 is 1.94 bits per heavy atom. The molecule has 4 aromatic rings. The first-order valence-corrected chi connectivity index (χ1v) is 11.2.